The van der Waals surface area contributed by atoms with E-state index in [4.69, 9.17) is 16.6 Å². The highest BCUT2D eigenvalue weighted by molar-refractivity contribution is 7.80. The largest absolute Gasteiger partial charge is 0.451 e. The predicted molar refractivity (Wildman–Crippen MR) is 115 cm³/mol. The maximum atomic E-state index is 12.5. The highest BCUT2D eigenvalue weighted by atomic mass is 32.1. The fourth-order valence-electron chi connectivity index (χ4n) is 2.74. The van der Waals surface area contributed by atoms with E-state index in [0.29, 0.717) is 17.7 Å². The van der Waals surface area contributed by atoms with Gasteiger partial charge in [-0.25, -0.2) is 0 Å². The van der Waals surface area contributed by atoms with Crippen LogP contribution in [0.2, 0.25) is 0 Å². The highest BCUT2D eigenvalue weighted by Crippen LogP contribution is 2.23. The van der Waals surface area contributed by atoms with Gasteiger partial charge in [-0.1, -0.05) is 25.1 Å². The third kappa shape index (κ3) is 4.75. The van der Waals surface area contributed by atoms with E-state index in [9.17, 15) is 9.59 Å². The molecule has 0 fully saturated rings. The van der Waals surface area contributed by atoms with Crippen LogP contribution >= 0.6 is 12.2 Å². The van der Waals surface area contributed by atoms with Crippen molar-refractivity contribution in [3.8, 4) is 0 Å². The Hall–Kier alpha value is -3.19. The number of carbonyl (C=O) groups is 2. The van der Waals surface area contributed by atoms with Crippen molar-refractivity contribution in [2.24, 2.45) is 0 Å². The van der Waals surface area contributed by atoms with Crippen LogP contribution in [-0.4, -0.2) is 16.9 Å². The summed E-state index contributed by atoms with van der Waals surface area (Å²) < 4.78 is 5.59. The molecule has 0 aliphatic heterocycles. The molecule has 0 spiro atoms. The molecular formula is C21H21N3O3S. The number of anilines is 2. The summed E-state index contributed by atoms with van der Waals surface area (Å²) in [6, 6.07) is 14.6. The number of aryl methyl sites for hydroxylation is 1. The lowest BCUT2D eigenvalue weighted by Gasteiger charge is -2.12. The van der Waals surface area contributed by atoms with E-state index < -0.39 is 0 Å². The second kappa shape index (κ2) is 8.67. The maximum absolute atomic E-state index is 12.5. The molecule has 2 amide bonds. The zero-order valence-electron chi connectivity index (χ0n) is 15.7. The summed E-state index contributed by atoms with van der Waals surface area (Å²) in [4.78, 5) is 24.1. The number of thiocarbonyl (C=S) groups is 1. The molecule has 28 heavy (non-hydrogen) atoms. The second-order valence-corrected chi connectivity index (χ2v) is 6.79. The van der Waals surface area contributed by atoms with Gasteiger partial charge in [-0.05, 0) is 61.5 Å². The van der Waals surface area contributed by atoms with Gasteiger partial charge in [-0.2, -0.15) is 0 Å². The molecule has 0 bridgehead atoms. The number of hydrogen-bond donors (Lipinski definition) is 3. The van der Waals surface area contributed by atoms with E-state index in [-0.39, 0.29) is 22.7 Å². The first-order valence-electron chi connectivity index (χ1n) is 8.97. The Morgan fingerprint density at radius 2 is 1.86 bits per heavy atom. The average molecular weight is 395 g/mol. The molecule has 3 rings (SSSR count). The lowest BCUT2D eigenvalue weighted by molar-refractivity contribution is -0.119. The van der Waals surface area contributed by atoms with E-state index in [1.165, 1.54) is 0 Å². The third-order valence-corrected chi connectivity index (χ3v) is 4.32. The van der Waals surface area contributed by atoms with Crippen LogP contribution in [-0.2, 0) is 4.79 Å². The van der Waals surface area contributed by atoms with Gasteiger partial charge in [-0.15, -0.1) is 0 Å². The first-order chi connectivity index (χ1) is 13.5. The van der Waals surface area contributed by atoms with Gasteiger partial charge in [0, 0.05) is 23.2 Å². The van der Waals surface area contributed by atoms with Crippen LogP contribution in [0.4, 0.5) is 11.4 Å². The van der Waals surface area contributed by atoms with E-state index in [1.807, 2.05) is 44.2 Å². The number of carbonyl (C=O) groups excluding carboxylic acids is 2. The van der Waals surface area contributed by atoms with Gasteiger partial charge in [0.2, 0.25) is 5.91 Å². The normalized spacial score (nSPS) is 10.5. The molecule has 0 saturated heterocycles. The molecule has 0 unspecified atom stereocenters. The topological polar surface area (TPSA) is 83.4 Å². The average Bonchev–Trinajstić information content (AvgIpc) is 3.08. The Labute approximate surface area is 168 Å². The molecule has 7 heteroatoms. The van der Waals surface area contributed by atoms with Crippen molar-refractivity contribution in [2.75, 3.05) is 10.6 Å². The lowest BCUT2D eigenvalue weighted by Crippen LogP contribution is -2.33. The van der Waals surface area contributed by atoms with Crippen LogP contribution in [0.15, 0.2) is 52.9 Å². The molecule has 0 atom stereocenters. The molecule has 3 N–H and O–H groups in total. The monoisotopic (exact) mass is 395 g/mol. The van der Waals surface area contributed by atoms with Crippen LogP contribution in [0.25, 0.3) is 11.0 Å². The third-order valence-electron chi connectivity index (χ3n) is 4.11. The SMILES string of the molecule is CCCC(=O)NC(=S)Nc1ccc(NC(=O)c2cc3ccccc3o2)c(C)c1. The molecule has 0 aliphatic rings. The van der Waals surface area contributed by atoms with Crippen molar-refractivity contribution in [3.05, 3.63) is 59.9 Å². The van der Waals surface area contributed by atoms with E-state index in [1.54, 1.807) is 18.2 Å². The molecule has 0 saturated carbocycles. The van der Waals surface area contributed by atoms with Crippen LogP contribution in [0, 0.1) is 6.92 Å². The van der Waals surface area contributed by atoms with Crippen LogP contribution in [0.1, 0.15) is 35.9 Å². The molecule has 0 aliphatic carbocycles. The lowest BCUT2D eigenvalue weighted by atomic mass is 10.1. The van der Waals surface area contributed by atoms with Crippen molar-refractivity contribution >= 4 is 51.5 Å². The summed E-state index contributed by atoms with van der Waals surface area (Å²) in [5, 5.41) is 9.58. The quantitative estimate of drug-likeness (QED) is 0.550. The number of amides is 2. The van der Waals surface area contributed by atoms with Crippen LogP contribution in [0.5, 0.6) is 0 Å². The molecule has 144 valence electrons. The summed E-state index contributed by atoms with van der Waals surface area (Å²) in [5.74, 6) is -0.184. The molecule has 1 aromatic heterocycles. The van der Waals surface area contributed by atoms with E-state index in [2.05, 4.69) is 16.0 Å². The summed E-state index contributed by atoms with van der Waals surface area (Å²) in [5.41, 5.74) is 2.90. The van der Waals surface area contributed by atoms with E-state index in [0.717, 1.165) is 23.1 Å². The van der Waals surface area contributed by atoms with Crippen LogP contribution < -0.4 is 16.0 Å². The number of benzene rings is 2. The fourth-order valence-corrected chi connectivity index (χ4v) is 2.97. The minimum absolute atomic E-state index is 0.119. The smallest absolute Gasteiger partial charge is 0.291 e. The minimum atomic E-state index is -0.317. The molecule has 1 heterocycles. The molecule has 3 aromatic rings. The zero-order chi connectivity index (χ0) is 20.1. The number of rotatable bonds is 5. The van der Waals surface area contributed by atoms with Gasteiger partial charge in [0.1, 0.15) is 5.58 Å². The summed E-state index contributed by atoms with van der Waals surface area (Å²) in [6.07, 6.45) is 1.18. The zero-order valence-corrected chi connectivity index (χ0v) is 16.5. The standard InChI is InChI=1S/C21H21N3O3S/c1-3-6-19(25)24-21(28)22-15-9-10-16(13(2)11-15)23-20(26)18-12-14-7-4-5-8-17(14)27-18/h4-5,7-12H,3,6H2,1-2H3,(H,23,26)(H2,22,24,25,28). The Bertz CT molecular complexity index is 1010. The van der Waals surface area contributed by atoms with Crippen LogP contribution in [0.3, 0.4) is 0 Å². The van der Waals surface area contributed by atoms with Gasteiger partial charge in [0.15, 0.2) is 10.9 Å². The molecule has 0 radical (unpaired) electrons. The van der Waals surface area contributed by atoms with Crippen molar-refractivity contribution in [1.82, 2.24) is 5.32 Å². The highest BCUT2D eigenvalue weighted by Gasteiger charge is 2.13. The number of fused-ring (bicyclic) bond motifs is 1. The first-order valence-corrected chi connectivity index (χ1v) is 9.38. The van der Waals surface area contributed by atoms with Gasteiger partial charge in [0.25, 0.3) is 5.91 Å². The predicted octanol–water partition coefficient (Wildman–Crippen LogP) is 4.61. The van der Waals surface area contributed by atoms with Crippen molar-refractivity contribution in [1.29, 1.82) is 0 Å². The molecule has 2 aromatic carbocycles. The van der Waals surface area contributed by atoms with Gasteiger partial charge in [-0.3, -0.25) is 9.59 Å². The number of furan rings is 1. The van der Waals surface area contributed by atoms with Gasteiger partial charge < -0.3 is 20.4 Å². The number of nitrogens with one attached hydrogen (secondary N) is 3. The van der Waals surface area contributed by atoms with Crippen molar-refractivity contribution < 1.29 is 14.0 Å². The van der Waals surface area contributed by atoms with Gasteiger partial charge >= 0.3 is 0 Å². The summed E-state index contributed by atoms with van der Waals surface area (Å²) >= 11 is 5.14. The Kier molecular flexibility index (Phi) is 6.06. The Morgan fingerprint density at radius 1 is 1.07 bits per heavy atom. The minimum Gasteiger partial charge on any atom is -0.451 e. The number of para-hydroxylation sites is 1. The number of hydrogen-bond acceptors (Lipinski definition) is 4. The Morgan fingerprint density at radius 3 is 2.57 bits per heavy atom. The van der Waals surface area contributed by atoms with Crippen molar-refractivity contribution in [2.45, 2.75) is 26.7 Å². The van der Waals surface area contributed by atoms with Gasteiger partial charge in [0.05, 0.1) is 0 Å². The summed E-state index contributed by atoms with van der Waals surface area (Å²) in [7, 11) is 0. The summed E-state index contributed by atoms with van der Waals surface area (Å²) in [6.45, 7) is 3.80. The first kappa shape index (κ1) is 19.6. The maximum Gasteiger partial charge on any atom is 0.291 e. The molecular weight excluding hydrogens is 374 g/mol. The fraction of sp³-hybridized carbons (Fsp3) is 0.190. The van der Waals surface area contributed by atoms with E-state index >= 15 is 0 Å². The van der Waals surface area contributed by atoms with Crippen molar-refractivity contribution in [3.63, 3.8) is 0 Å². The second-order valence-electron chi connectivity index (χ2n) is 6.38. The molecule has 6 nitrogen and oxygen atoms in total. The Balaban J connectivity index is 1.66.